The number of rotatable bonds is 2. The van der Waals surface area contributed by atoms with Gasteiger partial charge in [0.1, 0.15) is 0 Å². The van der Waals surface area contributed by atoms with Gasteiger partial charge >= 0.3 is 14.1 Å². The minimum Gasteiger partial charge on any atom is -0.299 e. The van der Waals surface area contributed by atoms with Crippen molar-refractivity contribution in [2.75, 3.05) is 6.61 Å². The molecule has 0 amide bonds. The Morgan fingerprint density at radius 1 is 1.50 bits per heavy atom. The molecule has 0 saturated heterocycles. The third kappa shape index (κ3) is 7.87. The lowest BCUT2D eigenvalue weighted by molar-refractivity contribution is -0.156. The van der Waals surface area contributed by atoms with E-state index in [9.17, 15) is 21.9 Å². The van der Waals surface area contributed by atoms with Crippen LogP contribution in [0.1, 0.15) is 0 Å². The predicted octanol–water partition coefficient (Wildman–Crippen LogP) is 1.64. The summed E-state index contributed by atoms with van der Waals surface area (Å²) < 4.78 is 56.8. The summed E-state index contributed by atoms with van der Waals surface area (Å²) in [5.74, 6) is 0. The molecule has 0 aromatic heterocycles. The van der Waals surface area contributed by atoms with Crippen LogP contribution < -0.4 is 0 Å². The summed E-state index contributed by atoms with van der Waals surface area (Å²) in [6.45, 7) is -2.06. The molecule has 0 fully saturated rings. The van der Waals surface area contributed by atoms with E-state index in [2.05, 4.69) is 4.52 Å². The van der Waals surface area contributed by atoms with E-state index in [0.717, 1.165) is 0 Å². The molecule has 0 aliphatic rings. The minimum atomic E-state index is -5.48. The highest BCUT2D eigenvalue weighted by Gasteiger charge is 2.32. The Kier molecular flexibility index (Phi) is 2.82. The van der Waals surface area contributed by atoms with Crippen LogP contribution in [0, 0.1) is 0 Å². The van der Waals surface area contributed by atoms with E-state index in [1.807, 2.05) is 0 Å². The molecule has 0 bridgehead atoms. The Labute approximate surface area is 53.3 Å². The molecule has 3 nitrogen and oxygen atoms in total. The molecule has 1 unspecified atom stereocenters. The van der Waals surface area contributed by atoms with Crippen LogP contribution >= 0.6 is 7.91 Å². The molecular formula is C2H3F4O3P. The molecule has 0 aromatic carbocycles. The van der Waals surface area contributed by atoms with Crippen molar-refractivity contribution < 1.29 is 31.4 Å². The van der Waals surface area contributed by atoms with E-state index < -0.39 is 20.7 Å². The molecule has 10 heavy (non-hydrogen) atoms. The molecular weight excluding hydrogens is 179 g/mol. The van der Waals surface area contributed by atoms with Gasteiger partial charge in [0.15, 0.2) is 6.61 Å². The first-order chi connectivity index (χ1) is 4.21. The second kappa shape index (κ2) is 2.86. The number of hydrogen-bond acceptors (Lipinski definition) is 2. The molecule has 0 heterocycles. The zero-order valence-corrected chi connectivity index (χ0v) is 5.32. The molecule has 0 aliphatic carbocycles. The summed E-state index contributed by atoms with van der Waals surface area (Å²) in [6, 6.07) is 0. The SMILES string of the molecule is O=P(O)(F)OCC(F)(F)F. The van der Waals surface area contributed by atoms with Crippen molar-refractivity contribution in [3.05, 3.63) is 0 Å². The topological polar surface area (TPSA) is 46.5 Å². The summed E-state index contributed by atoms with van der Waals surface area (Å²) in [7, 11) is -5.48. The van der Waals surface area contributed by atoms with Crippen LogP contribution in [0.25, 0.3) is 0 Å². The molecule has 0 radical (unpaired) electrons. The summed E-state index contributed by atoms with van der Waals surface area (Å²) in [5, 5.41) is 0. The molecule has 62 valence electrons. The fourth-order valence-electron chi connectivity index (χ4n) is 0.153. The van der Waals surface area contributed by atoms with Crippen molar-refractivity contribution in [1.82, 2.24) is 0 Å². The lowest BCUT2D eigenvalue weighted by Crippen LogP contribution is -2.15. The first-order valence-corrected chi connectivity index (χ1v) is 3.41. The highest BCUT2D eigenvalue weighted by Crippen LogP contribution is 2.44. The van der Waals surface area contributed by atoms with Gasteiger partial charge in [0.05, 0.1) is 0 Å². The van der Waals surface area contributed by atoms with Crippen molar-refractivity contribution in [3.8, 4) is 0 Å². The lowest BCUT2D eigenvalue weighted by Gasteiger charge is -2.05. The standard InChI is InChI=1S/C2H3F4O3P/c3-2(4,5)1-9-10(6,7)8/h1H2,(H,7,8). The summed E-state index contributed by atoms with van der Waals surface area (Å²) in [4.78, 5) is 7.55. The monoisotopic (exact) mass is 182 g/mol. The van der Waals surface area contributed by atoms with Crippen LogP contribution in [0.2, 0.25) is 0 Å². The number of alkyl halides is 3. The largest absolute Gasteiger partial charge is 0.510 e. The quantitative estimate of drug-likeness (QED) is 0.521. The van der Waals surface area contributed by atoms with Crippen LogP contribution in [0.4, 0.5) is 17.4 Å². The van der Waals surface area contributed by atoms with Crippen LogP contribution in [-0.4, -0.2) is 17.7 Å². The Morgan fingerprint density at radius 3 is 2.00 bits per heavy atom. The van der Waals surface area contributed by atoms with Gasteiger partial charge in [-0.2, -0.15) is 13.2 Å². The maximum Gasteiger partial charge on any atom is 0.510 e. The third-order valence-corrected chi connectivity index (χ3v) is 0.835. The molecule has 0 rings (SSSR count). The van der Waals surface area contributed by atoms with Crippen molar-refractivity contribution in [2.24, 2.45) is 0 Å². The van der Waals surface area contributed by atoms with Gasteiger partial charge in [-0.05, 0) is 0 Å². The molecule has 0 aromatic rings. The van der Waals surface area contributed by atoms with Crippen molar-refractivity contribution in [3.63, 3.8) is 0 Å². The molecule has 0 saturated carbocycles. The Morgan fingerprint density at radius 2 is 1.90 bits per heavy atom. The predicted molar refractivity (Wildman–Crippen MR) is 22.9 cm³/mol. The smallest absolute Gasteiger partial charge is 0.299 e. The number of hydrogen-bond donors (Lipinski definition) is 1. The average Bonchev–Trinajstić information content (AvgIpc) is 1.57. The molecule has 8 heteroatoms. The van der Waals surface area contributed by atoms with Gasteiger partial charge in [-0.15, -0.1) is 4.20 Å². The van der Waals surface area contributed by atoms with Crippen molar-refractivity contribution in [1.29, 1.82) is 0 Å². The first kappa shape index (κ1) is 9.87. The Hall–Kier alpha value is -0.130. The maximum atomic E-state index is 11.3. The normalized spacial score (nSPS) is 18.5. The minimum absolute atomic E-state index is 2.06. The summed E-state index contributed by atoms with van der Waals surface area (Å²) in [6.07, 6.45) is -4.79. The van der Waals surface area contributed by atoms with Crippen LogP contribution in [0.5, 0.6) is 0 Å². The zero-order valence-electron chi connectivity index (χ0n) is 4.43. The fourth-order valence-corrected chi connectivity index (χ4v) is 0.458. The highest BCUT2D eigenvalue weighted by molar-refractivity contribution is 7.46. The van der Waals surface area contributed by atoms with E-state index in [0.29, 0.717) is 0 Å². The van der Waals surface area contributed by atoms with Gasteiger partial charge in [-0.3, -0.25) is 9.42 Å². The molecule has 1 atom stereocenters. The van der Waals surface area contributed by atoms with E-state index in [1.165, 1.54) is 0 Å². The van der Waals surface area contributed by atoms with E-state index in [4.69, 9.17) is 4.89 Å². The van der Waals surface area contributed by atoms with Gasteiger partial charge in [-0.25, -0.2) is 4.57 Å². The van der Waals surface area contributed by atoms with Crippen LogP contribution in [0.15, 0.2) is 0 Å². The lowest BCUT2D eigenvalue weighted by atomic mass is 10.7. The second-order valence-electron chi connectivity index (χ2n) is 1.34. The third-order valence-electron chi connectivity index (χ3n) is 0.387. The van der Waals surface area contributed by atoms with Gasteiger partial charge in [-0.1, -0.05) is 0 Å². The van der Waals surface area contributed by atoms with Crippen molar-refractivity contribution in [2.45, 2.75) is 6.18 Å². The fraction of sp³-hybridized carbons (Fsp3) is 1.00. The maximum absolute atomic E-state index is 11.3. The van der Waals surface area contributed by atoms with Gasteiger partial charge < -0.3 is 0 Å². The van der Waals surface area contributed by atoms with E-state index >= 15 is 0 Å². The van der Waals surface area contributed by atoms with E-state index in [-0.39, 0.29) is 0 Å². The second-order valence-corrected chi connectivity index (χ2v) is 2.50. The first-order valence-electron chi connectivity index (χ1n) is 1.94. The zero-order chi connectivity index (χ0) is 8.41. The van der Waals surface area contributed by atoms with Gasteiger partial charge in [0.2, 0.25) is 0 Å². The Bertz CT molecular complexity index is 147. The van der Waals surface area contributed by atoms with E-state index in [1.54, 1.807) is 0 Å². The molecule has 0 spiro atoms. The van der Waals surface area contributed by atoms with Crippen molar-refractivity contribution >= 4 is 7.91 Å². The van der Waals surface area contributed by atoms with Crippen LogP contribution in [0.3, 0.4) is 0 Å². The van der Waals surface area contributed by atoms with Crippen LogP contribution in [-0.2, 0) is 9.09 Å². The molecule has 1 N–H and O–H groups in total. The highest BCUT2D eigenvalue weighted by atomic mass is 31.2. The summed E-state index contributed by atoms with van der Waals surface area (Å²) in [5.41, 5.74) is 0. The average molecular weight is 182 g/mol. The van der Waals surface area contributed by atoms with Gasteiger partial charge in [0.25, 0.3) is 0 Å². The van der Waals surface area contributed by atoms with Gasteiger partial charge in [0, 0.05) is 0 Å². The molecule has 0 aliphatic heterocycles. The number of halogens is 4. The summed E-state index contributed by atoms with van der Waals surface area (Å²) >= 11 is 0. The Balaban J connectivity index is 3.67.